The number of rotatable bonds is 34. The van der Waals surface area contributed by atoms with Crippen molar-refractivity contribution in [3.05, 3.63) is 35.9 Å². The summed E-state index contributed by atoms with van der Waals surface area (Å²) in [7, 11) is 0. The van der Waals surface area contributed by atoms with Crippen LogP contribution in [-0.4, -0.2) is 162 Å². The van der Waals surface area contributed by atoms with E-state index in [1.807, 2.05) is 0 Å². The van der Waals surface area contributed by atoms with E-state index in [0.717, 1.165) is 0 Å². The second-order valence-corrected chi connectivity index (χ2v) is 8.79. The standard InChI is InChI=1S/C30H48O15/c31-28(32)26-44-23-22-42-19-18-40-15-14-38-11-10-36-7-6-35-8-9-37-12-13-39-16-17-41-20-21-43-24-25-45-30(34)29(33)27-4-2-1-3-5-27/h1-5H,6-26H2,(H,31,32). The molecule has 0 heterocycles. The summed E-state index contributed by atoms with van der Waals surface area (Å²) in [6.07, 6.45) is 0. The largest absolute Gasteiger partial charge is 0.480 e. The van der Waals surface area contributed by atoms with Crippen molar-refractivity contribution in [1.82, 2.24) is 0 Å². The number of carboxylic acids is 1. The van der Waals surface area contributed by atoms with Gasteiger partial charge < -0.3 is 57.2 Å². The zero-order valence-electron chi connectivity index (χ0n) is 25.9. The lowest BCUT2D eigenvalue weighted by Crippen LogP contribution is -2.20. The Bertz CT molecular complexity index is 840. The Kier molecular flexibility index (Phi) is 28.2. The summed E-state index contributed by atoms with van der Waals surface area (Å²) in [6.45, 7) is 7.32. The molecule has 1 aromatic carbocycles. The van der Waals surface area contributed by atoms with E-state index in [1.165, 1.54) is 0 Å². The van der Waals surface area contributed by atoms with Crippen molar-refractivity contribution >= 4 is 17.7 Å². The normalized spacial score (nSPS) is 11.1. The van der Waals surface area contributed by atoms with Gasteiger partial charge in [0.25, 0.3) is 5.78 Å². The van der Waals surface area contributed by atoms with Crippen molar-refractivity contribution in [2.45, 2.75) is 0 Å². The van der Waals surface area contributed by atoms with Crippen LogP contribution in [-0.2, 0) is 61.7 Å². The zero-order valence-corrected chi connectivity index (χ0v) is 25.9. The van der Waals surface area contributed by atoms with Crippen LogP contribution in [0.5, 0.6) is 0 Å². The fraction of sp³-hybridized carbons (Fsp3) is 0.700. The molecular formula is C30H48O15. The Morgan fingerprint density at radius 2 is 0.711 bits per heavy atom. The molecule has 15 nitrogen and oxygen atoms in total. The van der Waals surface area contributed by atoms with Crippen LogP contribution in [0.15, 0.2) is 30.3 Å². The molecule has 0 fully saturated rings. The highest BCUT2D eigenvalue weighted by Gasteiger charge is 2.17. The third kappa shape index (κ3) is 27.5. The van der Waals surface area contributed by atoms with Crippen LogP contribution in [0, 0.1) is 0 Å². The van der Waals surface area contributed by atoms with Gasteiger partial charge in [0.05, 0.1) is 126 Å². The molecule has 0 unspecified atom stereocenters. The van der Waals surface area contributed by atoms with E-state index in [2.05, 4.69) is 0 Å². The quantitative estimate of drug-likeness (QED) is 0.0478. The molecule has 45 heavy (non-hydrogen) atoms. The number of carbonyl (C=O) groups is 3. The summed E-state index contributed by atoms with van der Waals surface area (Å²) in [5.41, 5.74) is 0.290. The molecule has 0 aliphatic rings. The van der Waals surface area contributed by atoms with Gasteiger partial charge in [0, 0.05) is 5.56 Å². The Hall–Kier alpha value is -2.57. The van der Waals surface area contributed by atoms with E-state index in [1.54, 1.807) is 30.3 Å². The Labute approximate surface area is 264 Å². The molecule has 0 saturated heterocycles. The van der Waals surface area contributed by atoms with Crippen molar-refractivity contribution in [2.75, 3.05) is 139 Å². The maximum absolute atomic E-state index is 11.9. The number of aliphatic carboxylic acids is 1. The number of ketones is 1. The van der Waals surface area contributed by atoms with E-state index in [9.17, 15) is 14.4 Å². The number of Topliss-reactive ketones (excluding diaryl/α,β-unsaturated/α-hetero) is 1. The van der Waals surface area contributed by atoms with Crippen LogP contribution in [0.1, 0.15) is 10.4 Å². The van der Waals surface area contributed by atoms with Gasteiger partial charge in [-0.25, -0.2) is 9.59 Å². The number of hydrogen-bond acceptors (Lipinski definition) is 14. The van der Waals surface area contributed by atoms with Crippen molar-refractivity contribution < 1.29 is 71.6 Å². The number of esters is 1. The average molecular weight is 649 g/mol. The Morgan fingerprint density at radius 1 is 0.422 bits per heavy atom. The first kappa shape index (κ1) is 40.5. The van der Waals surface area contributed by atoms with E-state index < -0.39 is 17.7 Å². The molecule has 0 radical (unpaired) electrons. The lowest BCUT2D eigenvalue weighted by atomic mass is 10.1. The summed E-state index contributed by atoms with van der Waals surface area (Å²) < 4.78 is 58.2. The van der Waals surface area contributed by atoms with E-state index in [4.69, 9.17) is 57.2 Å². The summed E-state index contributed by atoms with van der Waals surface area (Å²) in [5.74, 6) is -2.59. The van der Waals surface area contributed by atoms with Crippen molar-refractivity contribution in [3.8, 4) is 0 Å². The molecular weight excluding hydrogens is 600 g/mol. The van der Waals surface area contributed by atoms with E-state index >= 15 is 0 Å². The average Bonchev–Trinajstić information content (AvgIpc) is 3.05. The monoisotopic (exact) mass is 648 g/mol. The van der Waals surface area contributed by atoms with Gasteiger partial charge in [-0.1, -0.05) is 30.3 Å². The molecule has 1 aromatic rings. The molecule has 0 saturated carbocycles. The van der Waals surface area contributed by atoms with Gasteiger partial charge in [0.1, 0.15) is 13.2 Å². The topological polar surface area (TPSA) is 173 Å². The minimum absolute atomic E-state index is 0.00909. The Balaban J connectivity index is 1.67. The maximum atomic E-state index is 11.9. The van der Waals surface area contributed by atoms with E-state index in [0.29, 0.717) is 118 Å². The van der Waals surface area contributed by atoms with Crippen LogP contribution < -0.4 is 0 Å². The molecule has 0 bridgehead atoms. The first-order valence-electron chi connectivity index (χ1n) is 14.9. The predicted octanol–water partition coefficient (Wildman–Crippen LogP) is 0.663. The number of benzene rings is 1. The fourth-order valence-corrected chi connectivity index (χ4v) is 3.10. The van der Waals surface area contributed by atoms with Crippen LogP contribution in [0.3, 0.4) is 0 Å². The summed E-state index contributed by atoms with van der Waals surface area (Å²) in [4.78, 5) is 33.8. The van der Waals surface area contributed by atoms with Crippen LogP contribution >= 0.6 is 0 Å². The summed E-state index contributed by atoms with van der Waals surface area (Å²) in [5, 5.41) is 8.42. The molecule has 0 spiro atoms. The molecule has 1 rings (SSSR count). The van der Waals surface area contributed by atoms with E-state index in [-0.39, 0.29) is 26.4 Å². The third-order valence-corrected chi connectivity index (χ3v) is 5.26. The molecule has 0 aliphatic heterocycles. The minimum Gasteiger partial charge on any atom is -0.480 e. The van der Waals surface area contributed by atoms with Gasteiger partial charge in [-0.05, 0) is 0 Å². The minimum atomic E-state index is -1.00. The molecule has 1 N–H and O–H groups in total. The number of hydrogen-bond donors (Lipinski definition) is 1. The van der Waals surface area contributed by atoms with Gasteiger partial charge in [-0.15, -0.1) is 0 Å². The van der Waals surface area contributed by atoms with Gasteiger partial charge in [-0.2, -0.15) is 0 Å². The molecule has 0 aliphatic carbocycles. The highest BCUT2D eigenvalue weighted by Crippen LogP contribution is 2.01. The number of carbonyl (C=O) groups excluding carboxylic acids is 2. The fourth-order valence-electron chi connectivity index (χ4n) is 3.10. The second kappa shape index (κ2) is 31.4. The second-order valence-electron chi connectivity index (χ2n) is 8.79. The SMILES string of the molecule is O=C(O)COCCOCCOCCOCCOCCOCCOCCOCCOCCOCCOC(=O)C(=O)c1ccccc1. The zero-order chi connectivity index (χ0) is 32.5. The lowest BCUT2D eigenvalue weighted by Gasteiger charge is -2.09. The molecule has 0 aromatic heterocycles. The Morgan fingerprint density at radius 3 is 1.02 bits per heavy atom. The highest BCUT2D eigenvalue weighted by atomic mass is 16.6. The highest BCUT2D eigenvalue weighted by molar-refractivity contribution is 6.40. The summed E-state index contributed by atoms with van der Waals surface area (Å²) >= 11 is 0. The summed E-state index contributed by atoms with van der Waals surface area (Å²) in [6, 6.07) is 8.23. The number of ether oxygens (including phenoxy) is 11. The van der Waals surface area contributed by atoms with Crippen molar-refractivity contribution in [1.29, 1.82) is 0 Å². The molecule has 0 atom stereocenters. The lowest BCUT2D eigenvalue weighted by molar-refractivity contribution is -0.143. The number of carboxylic acid groups (broad SMARTS) is 1. The van der Waals surface area contributed by atoms with Crippen molar-refractivity contribution in [2.24, 2.45) is 0 Å². The van der Waals surface area contributed by atoms with Crippen LogP contribution in [0.2, 0.25) is 0 Å². The third-order valence-electron chi connectivity index (χ3n) is 5.26. The van der Waals surface area contributed by atoms with Crippen LogP contribution in [0.4, 0.5) is 0 Å². The maximum Gasteiger partial charge on any atom is 0.379 e. The molecule has 0 amide bonds. The smallest absolute Gasteiger partial charge is 0.379 e. The van der Waals surface area contributed by atoms with Crippen molar-refractivity contribution in [3.63, 3.8) is 0 Å². The molecule has 258 valence electrons. The first-order chi connectivity index (χ1) is 22.1. The first-order valence-corrected chi connectivity index (χ1v) is 14.9. The van der Waals surface area contributed by atoms with Gasteiger partial charge in [-0.3, -0.25) is 4.79 Å². The van der Waals surface area contributed by atoms with Gasteiger partial charge >= 0.3 is 11.9 Å². The van der Waals surface area contributed by atoms with Crippen LogP contribution in [0.25, 0.3) is 0 Å². The van der Waals surface area contributed by atoms with Gasteiger partial charge in [0.15, 0.2) is 0 Å². The molecule has 15 heteroatoms. The van der Waals surface area contributed by atoms with Gasteiger partial charge in [0.2, 0.25) is 0 Å². The predicted molar refractivity (Wildman–Crippen MR) is 158 cm³/mol.